The van der Waals surface area contributed by atoms with Crippen molar-refractivity contribution in [2.75, 3.05) is 33.0 Å². The summed E-state index contributed by atoms with van der Waals surface area (Å²) in [6, 6.07) is 0.569. The van der Waals surface area contributed by atoms with Crippen LogP contribution in [0.25, 0.3) is 0 Å². The van der Waals surface area contributed by atoms with E-state index in [1.807, 2.05) is 18.7 Å². The van der Waals surface area contributed by atoms with E-state index >= 15 is 0 Å². The Morgan fingerprint density at radius 2 is 1.88 bits per heavy atom. The van der Waals surface area contributed by atoms with E-state index in [0.717, 1.165) is 55.3 Å². The van der Waals surface area contributed by atoms with Crippen molar-refractivity contribution in [2.45, 2.75) is 58.0 Å². The average molecular weight is 347 g/mol. The number of amides is 1. The van der Waals surface area contributed by atoms with Gasteiger partial charge in [-0.3, -0.25) is 9.48 Å². The van der Waals surface area contributed by atoms with Gasteiger partial charge in [-0.1, -0.05) is 12.8 Å². The predicted octanol–water partition coefficient (Wildman–Crippen LogP) is 2.49. The van der Waals surface area contributed by atoms with E-state index in [9.17, 15) is 4.79 Å². The molecule has 0 bridgehead atoms. The summed E-state index contributed by atoms with van der Waals surface area (Å²) in [7, 11) is 0. The smallest absolute Gasteiger partial charge is 0.258 e. The molecule has 3 fully saturated rings. The van der Waals surface area contributed by atoms with Crippen LogP contribution in [0.3, 0.4) is 0 Å². The SMILES string of the molecule is Cc1nn(C2CCOCC2)c(C)c1C(=O)N1CCOCC1CC1CC1. The fourth-order valence-corrected chi connectivity index (χ4v) is 4.26. The third-order valence-corrected chi connectivity index (χ3v) is 5.87. The number of rotatable bonds is 4. The number of carbonyl (C=O) groups is 1. The topological polar surface area (TPSA) is 56.6 Å². The van der Waals surface area contributed by atoms with Gasteiger partial charge >= 0.3 is 0 Å². The van der Waals surface area contributed by atoms with Crippen molar-refractivity contribution < 1.29 is 14.3 Å². The summed E-state index contributed by atoms with van der Waals surface area (Å²) in [6.45, 7) is 7.56. The van der Waals surface area contributed by atoms with Crippen molar-refractivity contribution >= 4 is 5.91 Å². The van der Waals surface area contributed by atoms with Crippen LogP contribution in [0.15, 0.2) is 0 Å². The normalized spacial score (nSPS) is 25.4. The number of carbonyl (C=O) groups excluding carboxylic acids is 1. The Kier molecular flexibility index (Phi) is 4.82. The van der Waals surface area contributed by atoms with Crippen LogP contribution >= 0.6 is 0 Å². The lowest BCUT2D eigenvalue weighted by molar-refractivity contribution is -0.00578. The maximum absolute atomic E-state index is 13.3. The molecule has 1 aromatic rings. The summed E-state index contributed by atoms with van der Waals surface area (Å²) in [5.74, 6) is 0.927. The van der Waals surface area contributed by atoms with Gasteiger partial charge in [0.25, 0.3) is 5.91 Å². The molecule has 138 valence electrons. The number of ether oxygens (including phenoxy) is 2. The van der Waals surface area contributed by atoms with E-state index in [1.54, 1.807) is 0 Å². The van der Waals surface area contributed by atoms with Gasteiger partial charge < -0.3 is 14.4 Å². The molecule has 0 spiro atoms. The second-order valence-electron chi connectivity index (χ2n) is 7.74. The van der Waals surface area contributed by atoms with Crippen LogP contribution in [0.1, 0.15) is 59.9 Å². The molecule has 2 aliphatic heterocycles. The predicted molar refractivity (Wildman–Crippen MR) is 93.8 cm³/mol. The van der Waals surface area contributed by atoms with Crippen molar-refractivity contribution in [2.24, 2.45) is 5.92 Å². The summed E-state index contributed by atoms with van der Waals surface area (Å²) in [5.41, 5.74) is 2.66. The molecule has 1 aliphatic carbocycles. The molecule has 1 unspecified atom stereocenters. The molecule has 4 rings (SSSR count). The Labute approximate surface area is 149 Å². The van der Waals surface area contributed by atoms with Gasteiger partial charge in [-0.05, 0) is 39.0 Å². The van der Waals surface area contributed by atoms with E-state index < -0.39 is 0 Å². The fourth-order valence-electron chi connectivity index (χ4n) is 4.26. The number of aromatic nitrogens is 2. The summed E-state index contributed by atoms with van der Waals surface area (Å²) in [6.07, 6.45) is 5.63. The van der Waals surface area contributed by atoms with Crippen molar-refractivity contribution in [3.05, 3.63) is 17.0 Å². The maximum atomic E-state index is 13.3. The first kappa shape index (κ1) is 17.0. The lowest BCUT2D eigenvalue weighted by Crippen LogP contribution is -2.49. The van der Waals surface area contributed by atoms with Gasteiger partial charge in [0, 0.05) is 25.5 Å². The molecule has 0 N–H and O–H groups in total. The summed E-state index contributed by atoms with van der Waals surface area (Å²) >= 11 is 0. The molecule has 1 aromatic heterocycles. The average Bonchev–Trinajstić information content (AvgIpc) is 3.39. The minimum absolute atomic E-state index is 0.141. The molecular formula is C19H29N3O3. The Morgan fingerprint density at radius 1 is 1.12 bits per heavy atom. The highest BCUT2D eigenvalue weighted by Gasteiger charge is 2.35. The molecule has 2 saturated heterocycles. The van der Waals surface area contributed by atoms with Gasteiger partial charge in [-0.15, -0.1) is 0 Å². The molecule has 25 heavy (non-hydrogen) atoms. The molecule has 1 amide bonds. The van der Waals surface area contributed by atoms with E-state index in [4.69, 9.17) is 14.6 Å². The zero-order chi connectivity index (χ0) is 17.4. The molecule has 1 saturated carbocycles. The van der Waals surface area contributed by atoms with Crippen LogP contribution in [-0.4, -0.2) is 59.6 Å². The van der Waals surface area contributed by atoms with Crippen molar-refractivity contribution in [3.63, 3.8) is 0 Å². The molecule has 3 aliphatic rings. The monoisotopic (exact) mass is 347 g/mol. The highest BCUT2D eigenvalue weighted by atomic mass is 16.5. The molecule has 0 radical (unpaired) electrons. The quantitative estimate of drug-likeness (QED) is 0.840. The summed E-state index contributed by atoms with van der Waals surface area (Å²) in [4.78, 5) is 15.4. The van der Waals surface area contributed by atoms with Gasteiger partial charge in [0.1, 0.15) is 0 Å². The van der Waals surface area contributed by atoms with E-state index in [0.29, 0.717) is 25.8 Å². The zero-order valence-electron chi connectivity index (χ0n) is 15.4. The molecule has 1 atom stereocenters. The van der Waals surface area contributed by atoms with Crippen molar-refractivity contribution in [3.8, 4) is 0 Å². The van der Waals surface area contributed by atoms with Crippen LogP contribution in [0, 0.1) is 19.8 Å². The third kappa shape index (κ3) is 3.47. The van der Waals surface area contributed by atoms with Crippen LogP contribution in [0.4, 0.5) is 0 Å². The Hall–Kier alpha value is -1.40. The fraction of sp³-hybridized carbons (Fsp3) is 0.789. The van der Waals surface area contributed by atoms with Crippen LogP contribution in [-0.2, 0) is 9.47 Å². The first-order valence-corrected chi connectivity index (χ1v) is 9.67. The molecule has 6 nitrogen and oxygen atoms in total. The van der Waals surface area contributed by atoms with Crippen LogP contribution < -0.4 is 0 Å². The highest BCUT2D eigenvalue weighted by Crippen LogP contribution is 2.36. The van der Waals surface area contributed by atoms with Gasteiger partial charge in [-0.2, -0.15) is 5.10 Å². The van der Waals surface area contributed by atoms with Crippen LogP contribution in [0.5, 0.6) is 0 Å². The number of hydrogen-bond donors (Lipinski definition) is 0. The van der Waals surface area contributed by atoms with E-state index in [2.05, 4.69) is 4.68 Å². The lowest BCUT2D eigenvalue weighted by Gasteiger charge is -2.36. The first-order chi connectivity index (χ1) is 12.1. The number of aryl methyl sites for hydroxylation is 1. The summed E-state index contributed by atoms with van der Waals surface area (Å²) in [5, 5.41) is 4.73. The second-order valence-corrected chi connectivity index (χ2v) is 7.74. The van der Waals surface area contributed by atoms with Crippen molar-refractivity contribution in [1.29, 1.82) is 0 Å². The molecule has 3 heterocycles. The minimum atomic E-state index is 0.141. The Bertz CT molecular complexity index is 632. The highest BCUT2D eigenvalue weighted by molar-refractivity contribution is 5.96. The third-order valence-electron chi connectivity index (χ3n) is 5.87. The first-order valence-electron chi connectivity index (χ1n) is 9.67. The van der Waals surface area contributed by atoms with E-state index in [-0.39, 0.29) is 11.9 Å². The van der Waals surface area contributed by atoms with Gasteiger partial charge in [0.05, 0.1) is 36.6 Å². The maximum Gasteiger partial charge on any atom is 0.258 e. The van der Waals surface area contributed by atoms with Crippen molar-refractivity contribution in [1.82, 2.24) is 14.7 Å². The lowest BCUT2D eigenvalue weighted by atomic mass is 10.0. The standard InChI is InChI=1S/C19H29N3O3/c1-13-18(14(2)22(20-13)16-5-8-24-9-6-16)19(23)21-7-10-25-12-17(21)11-15-3-4-15/h15-17H,3-12H2,1-2H3. The van der Waals surface area contributed by atoms with E-state index in [1.165, 1.54) is 12.8 Å². The second kappa shape index (κ2) is 7.08. The largest absolute Gasteiger partial charge is 0.381 e. The molecular weight excluding hydrogens is 318 g/mol. The number of hydrogen-bond acceptors (Lipinski definition) is 4. The summed E-state index contributed by atoms with van der Waals surface area (Å²) < 4.78 is 13.2. The van der Waals surface area contributed by atoms with Gasteiger partial charge in [-0.25, -0.2) is 0 Å². The van der Waals surface area contributed by atoms with Gasteiger partial charge in [0.2, 0.25) is 0 Å². The minimum Gasteiger partial charge on any atom is -0.381 e. The molecule has 6 heteroatoms. The molecule has 0 aromatic carbocycles. The number of nitrogens with zero attached hydrogens (tertiary/aromatic N) is 3. The van der Waals surface area contributed by atoms with Crippen LogP contribution in [0.2, 0.25) is 0 Å². The number of morpholine rings is 1. The Morgan fingerprint density at radius 3 is 2.60 bits per heavy atom. The zero-order valence-corrected chi connectivity index (χ0v) is 15.4. The van der Waals surface area contributed by atoms with Gasteiger partial charge in [0.15, 0.2) is 0 Å². The Balaban J connectivity index is 1.57.